The molecular formula is C16H13ClN2O6S. The molecule has 1 atom stereocenters. The summed E-state index contributed by atoms with van der Waals surface area (Å²) in [6, 6.07) is 7.76. The number of halogens is 1. The number of carbonyl (C=O) groups is 2. The normalized spacial score (nSPS) is 16.2. The third-order valence-corrected chi connectivity index (χ3v) is 5.35. The maximum atomic E-state index is 12.6. The van der Waals surface area contributed by atoms with Gasteiger partial charge in [0.2, 0.25) is 0 Å². The second-order valence-electron chi connectivity index (χ2n) is 5.51. The van der Waals surface area contributed by atoms with Crippen molar-refractivity contribution in [3.63, 3.8) is 0 Å². The van der Waals surface area contributed by atoms with Crippen LogP contribution in [-0.4, -0.2) is 31.5 Å². The molecule has 2 aromatic rings. The molecule has 0 spiro atoms. The largest absolute Gasteiger partial charge is 0.479 e. The van der Waals surface area contributed by atoms with E-state index in [1.165, 1.54) is 30.3 Å². The van der Waals surface area contributed by atoms with Gasteiger partial charge in [0, 0.05) is 5.69 Å². The molecule has 0 saturated carbocycles. The number of carboxylic acids is 1. The van der Waals surface area contributed by atoms with Gasteiger partial charge in [-0.1, -0.05) is 11.6 Å². The van der Waals surface area contributed by atoms with Gasteiger partial charge in [-0.3, -0.25) is 9.52 Å². The molecule has 3 rings (SSSR count). The second kappa shape index (κ2) is 6.50. The molecule has 1 aliphatic rings. The summed E-state index contributed by atoms with van der Waals surface area (Å²) in [4.78, 5) is 22.7. The van der Waals surface area contributed by atoms with Crippen molar-refractivity contribution in [2.45, 2.75) is 17.9 Å². The van der Waals surface area contributed by atoms with Gasteiger partial charge in [-0.15, -0.1) is 0 Å². The van der Waals surface area contributed by atoms with Gasteiger partial charge >= 0.3 is 5.97 Å². The minimum atomic E-state index is -4.03. The SMILES string of the molecule is CC1Oc2ccc(S(=O)(=O)Nc3ccc(Cl)c(C(=O)O)c3)cc2NC1=O. The first-order valence-corrected chi connectivity index (χ1v) is 9.21. The molecule has 1 heterocycles. The zero-order valence-electron chi connectivity index (χ0n) is 13.3. The van der Waals surface area contributed by atoms with Crippen molar-refractivity contribution in [3.8, 4) is 5.75 Å². The molecule has 0 aromatic heterocycles. The van der Waals surface area contributed by atoms with E-state index in [1.54, 1.807) is 6.92 Å². The molecule has 8 nitrogen and oxygen atoms in total. The smallest absolute Gasteiger partial charge is 0.337 e. The van der Waals surface area contributed by atoms with Gasteiger partial charge in [0.05, 0.1) is 21.2 Å². The van der Waals surface area contributed by atoms with E-state index in [4.69, 9.17) is 21.4 Å². The van der Waals surface area contributed by atoms with Crippen LogP contribution in [0.5, 0.6) is 5.75 Å². The first kappa shape index (κ1) is 18.0. The zero-order valence-corrected chi connectivity index (χ0v) is 14.9. The molecule has 1 unspecified atom stereocenters. The fourth-order valence-corrected chi connectivity index (χ4v) is 3.60. The van der Waals surface area contributed by atoms with Crippen molar-refractivity contribution in [1.29, 1.82) is 0 Å². The van der Waals surface area contributed by atoms with E-state index in [9.17, 15) is 18.0 Å². The Morgan fingerprint density at radius 2 is 2.00 bits per heavy atom. The Bertz CT molecular complexity index is 1020. The summed E-state index contributed by atoms with van der Waals surface area (Å²) < 4.78 is 32.8. The van der Waals surface area contributed by atoms with Gasteiger partial charge in [-0.25, -0.2) is 13.2 Å². The molecule has 1 amide bonds. The van der Waals surface area contributed by atoms with Gasteiger partial charge in [0.1, 0.15) is 5.75 Å². The van der Waals surface area contributed by atoms with Crippen molar-refractivity contribution in [3.05, 3.63) is 47.0 Å². The average Bonchev–Trinajstić information content (AvgIpc) is 2.56. The predicted octanol–water partition coefficient (Wildman–Crippen LogP) is 2.56. The van der Waals surface area contributed by atoms with E-state index in [-0.39, 0.29) is 32.8 Å². The highest BCUT2D eigenvalue weighted by Crippen LogP contribution is 2.32. The average molecular weight is 397 g/mol. The summed E-state index contributed by atoms with van der Waals surface area (Å²) in [6.07, 6.45) is -0.674. The Morgan fingerprint density at radius 1 is 1.27 bits per heavy atom. The van der Waals surface area contributed by atoms with Crippen molar-refractivity contribution in [1.82, 2.24) is 0 Å². The molecule has 0 fully saturated rings. The number of aromatic carboxylic acids is 1. The molecule has 0 saturated heterocycles. The third-order valence-electron chi connectivity index (χ3n) is 3.64. The minimum Gasteiger partial charge on any atom is -0.479 e. The summed E-state index contributed by atoms with van der Waals surface area (Å²) >= 11 is 5.77. The van der Waals surface area contributed by atoms with E-state index in [0.29, 0.717) is 5.75 Å². The van der Waals surface area contributed by atoms with Crippen LogP contribution in [0, 0.1) is 0 Å². The number of benzene rings is 2. The summed E-state index contributed by atoms with van der Waals surface area (Å²) in [5.41, 5.74) is 0.0451. The molecule has 26 heavy (non-hydrogen) atoms. The van der Waals surface area contributed by atoms with Crippen molar-refractivity contribution < 1.29 is 27.9 Å². The molecule has 3 N–H and O–H groups in total. The number of fused-ring (bicyclic) bond motifs is 1. The highest BCUT2D eigenvalue weighted by molar-refractivity contribution is 7.92. The number of ether oxygens (including phenoxy) is 1. The molecule has 0 bridgehead atoms. The molecule has 0 radical (unpaired) electrons. The van der Waals surface area contributed by atoms with Crippen molar-refractivity contribution in [2.24, 2.45) is 0 Å². The van der Waals surface area contributed by atoms with E-state index < -0.39 is 22.1 Å². The monoisotopic (exact) mass is 396 g/mol. The van der Waals surface area contributed by atoms with Crippen LogP contribution in [0.3, 0.4) is 0 Å². The Labute approximate surface area is 153 Å². The number of sulfonamides is 1. The van der Waals surface area contributed by atoms with Crippen LogP contribution in [-0.2, 0) is 14.8 Å². The maximum Gasteiger partial charge on any atom is 0.337 e. The quantitative estimate of drug-likeness (QED) is 0.730. The lowest BCUT2D eigenvalue weighted by atomic mass is 10.2. The Kier molecular flexibility index (Phi) is 4.51. The topological polar surface area (TPSA) is 122 Å². The number of rotatable bonds is 4. The van der Waals surface area contributed by atoms with Crippen molar-refractivity contribution >= 4 is 44.9 Å². The highest BCUT2D eigenvalue weighted by atomic mass is 35.5. The number of anilines is 2. The zero-order chi connectivity index (χ0) is 19.1. The van der Waals surface area contributed by atoms with Crippen LogP contribution in [0.15, 0.2) is 41.3 Å². The molecule has 1 aliphatic heterocycles. The lowest BCUT2D eigenvalue weighted by Gasteiger charge is -2.23. The number of carboxylic acid groups (broad SMARTS) is 1. The van der Waals surface area contributed by atoms with Crippen LogP contribution < -0.4 is 14.8 Å². The fourth-order valence-electron chi connectivity index (χ4n) is 2.32. The van der Waals surface area contributed by atoms with Gasteiger partial charge in [0.15, 0.2) is 6.10 Å². The second-order valence-corrected chi connectivity index (χ2v) is 7.60. The number of hydrogen-bond acceptors (Lipinski definition) is 5. The molecule has 10 heteroatoms. The maximum absolute atomic E-state index is 12.6. The Morgan fingerprint density at radius 3 is 2.69 bits per heavy atom. The van der Waals surface area contributed by atoms with Gasteiger partial charge in [-0.2, -0.15) is 0 Å². The van der Waals surface area contributed by atoms with Gasteiger partial charge < -0.3 is 15.2 Å². The van der Waals surface area contributed by atoms with Crippen LogP contribution in [0.25, 0.3) is 0 Å². The minimum absolute atomic E-state index is 0.0109. The number of carbonyl (C=O) groups excluding carboxylic acids is 1. The lowest BCUT2D eigenvalue weighted by Crippen LogP contribution is -2.34. The first-order chi connectivity index (χ1) is 12.2. The third kappa shape index (κ3) is 3.44. The molecule has 136 valence electrons. The Balaban J connectivity index is 1.92. The van der Waals surface area contributed by atoms with Crippen LogP contribution in [0.4, 0.5) is 11.4 Å². The van der Waals surface area contributed by atoms with Crippen molar-refractivity contribution in [2.75, 3.05) is 10.0 Å². The van der Waals surface area contributed by atoms with Gasteiger partial charge in [0.25, 0.3) is 15.9 Å². The molecular weight excluding hydrogens is 384 g/mol. The van der Waals surface area contributed by atoms with E-state index in [0.717, 1.165) is 6.07 Å². The highest BCUT2D eigenvalue weighted by Gasteiger charge is 2.25. The van der Waals surface area contributed by atoms with E-state index in [2.05, 4.69) is 10.0 Å². The van der Waals surface area contributed by atoms with E-state index >= 15 is 0 Å². The van der Waals surface area contributed by atoms with Crippen LogP contribution >= 0.6 is 11.6 Å². The van der Waals surface area contributed by atoms with Gasteiger partial charge in [-0.05, 0) is 43.3 Å². The summed E-state index contributed by atoms with van der Waals surface area (Å²) in [5.74, 6) is -1.31. The summed E-state index contributed by atoms with van der Waals surface area (Å²) in [5, 5.41) is 11.6. The van der Waals surface area contributed by atoms with Crippen LogP contribution in [0.2, 0.25) is 5.02 Å². The number of nitrogens with one attached hydrogen (secondary N) is 2. The number of hydrogen-bond donors (Lipinski definition) is 3. The number of amides is 1. The molecule has 0 aliphatic carbocycles. The Hall–Kier alpha value is -2.78. The summed E-state index contributed by atoms with van der Waals surface area (Å²) in [6.45, 7) is 1.57. The fraction of sp³-hybridized carbons (Fsp3) is 0.125. The summed E-state index contributed by atoms with van der Waals surface area (Å²) in [7, 11) is -4.03. The van der Waals surface area contributed by atoms with E-state index in [1.807, 2.05) is 0 Å². The predicted molar refractivity (Wildman–Crippen MR) is 94.4 cm³/mol. The first-order valence-electron chi connectivity index (χ1n) is 7.34. The standard InChI is InChI=1S/C16H13ClN2O6S/c1-8-15(20)18-13-7-10(3-5-14(13)25-8)26(23,24)19-9-2-4-12(17)11(6-9)16(21)22/h2-8,19H,1H3,(H,18,20)(H,21,22). The van der Waals surface area contributed by atoms with Crippen LogP contribution in [0.1, 0.15) is 17.3 Å². The molecule has 2 aromatic carbocycles. The lowest BCUT2D eigenvalue weighted by molar-refractivity contribution is -0.122.